The highest BCUT2D eigenvalue weighted by molar-refractivity contribution is 7.92. The average molecular weight is 333 g/mol. The van der Waals surface area contributed by atoms with E-state index in [0.717, 1.165) is 5.69 Å². The summed E-state index contributed by atoms with van der Waals surface area (Å²) in [6, 6.07) is 18.9. The van der Waals surface area contributed by atoms with Crippen molar-refractivity contribution in [2.24, 2.45) is 0 Å². The molecule has 6 heteroatoms. The molecule has 22 heavy (non-hydrogen) atoms. The topological polar surface area (TPSA) is 51.1 Å². The molecule has 0 saturated heterocycles. The van der Waals surface area contributed by atoms with Crippen LogP contribution in [0.4, 0.5) is 5.82 Å². The Kier molecular flexibility index (Phi) is 3.92. The maximum atomic E-state index is 12.4. The summed E-state index contributed by atoms with van der Waals surface area (Å²) in [5, 5.41) is 0.627. The van der Waals surface area contributed by atoms with E-state index < -0.39 is 10.0 Å². The Morgan fingerprint density at radius 1 is 0.864 bits per heavy atom. The number of nitrogens with zero attached hydrogens (tertiary/aromatic N) is 1. The molecule has 2 aromatic carbocycles. The number of hydrogen-bond donors (Lipinski definition) is 1. The standard InChI is InChI=1S/C16H13ClN2O2S/c17-13-8-10-14(11-9-13)19-12-4-7-16(19)18-22(20,21)15-5-2-1-3-6-15/h1-12,18H. The van der Waals surface area contributed by atoms with Crippen LogP contribution in [0.1, 0.15) is 0 Å². The van der Waals surface area contributed by atoms with Crippen LogP contribution in [0, 0.1) is 0 Å². The van der Waals surface area contributed by atoms with Gasteiger partial charge in [-0.3, -0.25) is 4.72 Å². The summed E-state index contributed by atoms with van der Waals surface area (Å²) in [5.74, 6) is 0.464. The zero-order chi connectivity index (χ0) is 15.6. The van der Waals surface area contributed by atoms with Crippen molar-refractivity contribution in [3.63, 3.8) is 0 Å². The van der Waals surface area contributed by atoms with E-state index in [0.29, 0.717) is 10.8 Å². The molecule has 3 aromatic rings. The summed E-state index contributed by atoms with van der Waals surface area (Å²) in [7, 11) is -3.62. The number of benzene rings is 2. The summed E-state index contributed by atoms with van der Waals surface area (Å²) < 4.78 is 29.1. The highest BCUT2D eigenvalue weighted by Gasteiger charge is 2.15. The van der Waals surface area contributed by atoms with Crippen molar-refractivity contribution in [2.45, 2.75) is 4.90 Å². The first-order chi connectivity index (χ1) is 10.6. The summed E-state index contributed by atoms with van der Waals surface area (Å²) in [6.45, 7) is 0. The number of rotatable bonds is 4. The van der Waals surface area contributed by atoms with Gasteiger partial charge in [0.2, 0.25) is 0 Å². The molecule has 0 bridgehead atoms. The largest absolute Gasteiger partial charge is 0.303 e. The fourth-order valence-electron chi connectivity index (χ4n) is 2.09. The number of sulfonamides is 1. The normalized spacial score (nSPS) is 11.3. The van der Waals surface area contributed by atoms with E-state index in [1.807, 2.05) is 12.1 Å². The lowest BCUT2D eigenvalue weighted by molar-refractivity contribution is 0.601. The molecule has 0 saturated carbocycles. The van der Waals surface area contributed by atoms with Crippen LogP contribution in [0.5, 0.6) is 0 Å². The number of hydrogen-bond acceptors (Lipinski definition) is 2. The van der Waals surface area contributed by atoms with Gasteiger partial charge in [-0.05, 0) is 48.5 Å². The van der Waals surface area contributed by atoms with Gasteiger partial charge < -0.3 is 4.57 Å². The number of nitrogens with one attached hydrogen (secondary N) is 1. The van der Waals surface area contributed by atoms with Gasteiger partial charge in [0.1, 0.15) is 5.82 Å². The molecule has 3 rings (SSSR count). The molecule has 0 amide bonds. The lowest BCUT2D eigenvalue weighted by Crippen LogP contribution is -2.15. The van der Waals surface area contributed by atoms with Gasteiger partial charge in [0.25, 0.3) is 10.0 Å². The fraction of sp³-hybridized carbons (Fsp3) is 0. The second-order valence-electron chi connectivity index (χ2n) is 4.66. The Balaban J connectivity index is 1.95. The zero-order valence-electron chi connectivity index (χ0n) is 11.5. The van der Waals surface area contributed by atoms with E-state index in [1.165, 1.54) is 0 Å². The Labute approximate surface area is 134 Å². The van der Waals surface area contributed by atoms with Crippen molar-refractivity contribution >= 4 is 27.4 Å². The van der Waals surface area contributed by atoms with Crippen LogP contribution in [0.2, 0.25) is 5.02 Å². The molecule has 4 nitrogen and oxygen atoms in total. The third kappa shape index (κ3) is 3.00. The van der Waals surface area contributed by atoms with Gasteiger partial charge in [-0.15, -0.1) is 0 Å². The molecule has 0 aliphatic rings. The van der Waals surface area contributed by atoms with Crippen molar-refractivity contribution in [3.8, 4) is 5.69 Å². The number of anilines is 1. The summed E-state index contributed by atoms with van der Waals surface area (Å²) in [6.07, 6.45) is 1.78. The first-order valence-corrected chi connectivity index (χ1v) is 8.43. The molecule has 0 aliphatic heterocycles. The lowest BCUT2D eigenvalue weighted by Gasteiger charge is -2.12. The lowest BCUT2D eigenvalue weighted by atomic mass is 10.3. The number of aromatic nitrogens is 1. The van der Waals surface area contributed by atoms with Gasteiger partial charge in [-0.2, -0.15) is 0 Å². The third-order valence-corrected chi connectivity index (χ3v) is 4.77. The van der Waals surface area contributed by atoms with Crippen LogP contribution >= 0.6 is 11.6 Å². The second-order valence-corrected chi connectivity index (χ2v) is 6.78. The van der Waals surface area contributed by atoms with Crippen molar-refractivity contribution in [1.29, 1.82) is 0 Å². The molecule has 0 spiro atoms. The molecular weight excluding hydrogens is 320 g/mol. The van der Waals surface area contributed by atoms with Crippen LogP contribution in [-0.4, -0.2) is 13.0 Å². The minimum atomic E-state index is -3.62. The molecule has 0 atom stereocenters. The Bertz CT molecular complexity index is 872. The third-order valence-electron chi connectivity index (χ3n) is 3.15. The minimum absolute atomic E-state index is 0.221. The van der Waals surface area contributed by atoms with Gasteiger partial charge in [-0.1, -0.05) is 29.8 Å². The molecule has 0 unspecified atom stereocenters. The molecule has 0 fully saturated rings. The smallest absolute Gasteiger partial charge is 0.263 e. The van der Waals surface area contributed by atoms with Gasteiger partial charge in [-0.25, -0.2) is 8.42 Å². The Morgan fingerprint density at radius 2 is 1.55 bits per heavy atom. The van der Waals surface area contributed by atoms with E-state index in [-0.39, 0.29) is 4.90 Å². The van der Waals surface area contributed by atoms with Crippen molar-refractivity contribution in [3.05, 3.63) is 77.9 Å². The Hall–Kier alpha value is -2.24. The van der Waals surface area contributed by atoms with Crippen LogP contribution in [-0.2, 0) is 10.0 Å². The monoisotopic (exact) mass is 332 g/mol. The molecule has 0 radical (unpaired) electrons. The molecule has 112 valence electrons. The fourth-order valence-corrected chi connectivity index (χ4v) is 3.29. The first kappa shape index (κ1) is 14.7. The number of halogens is 1. The van der Waals surface area contributed by atoms with E-state index >= 15 is 0 Å². The van der Waals surface area contributed by atoms with Crippen molar-refractivity contribution < 1.29 is 8.42 Å². The molecule has 1 aromatic heterocycles. The van der Waals surface area contributed by atoms with Gasteiger partial charge >= 0.3 is 0 Å². The van der Waals surface area contributed by atoms with E-state index in [2.05, 4.69) is 4.72 Å². The maximum absolute atomic E-state index is 12.4. The second kappa shape index (κ2) is 5.87. The van der Waals surface area contributed by atoms with E-state index in [4.69, 9.17) is 11.6 Å². The van der Waals surface area contributed by atoms with Crippen LogP contribution in [0.15, 0.2) is 77.8 Å². The van der Waals surface area contributed by atoms with Gasteiger partial charge in [0, 0.05) is 16.9 Å². The van der Waals surface area contributed by atoms with Gasteiger partial charge in [0.15, 0.2) is 0 Å². The average Bonchev–Trinajstić information content (AvgIpc) is 2.96. The quantitative estimate of drug-likeness (QED) is 0.787. The minimum Gasteiger partial charge on any atom is -0.303 e. The first-order valence-electron chi connectivity index (χ1n) is 6.57. The summed E-state index contributed by atoms with van der Waals surface area (Å²) in [4.78, 5) is 0.221. The van der Waals surface area contributed by atoms with Crippen LogP contribution in [0.3, 0.4) is 0 Å². The Morgan fingerprint density at radius 3 is 2.23 bits per heavy atom. The molecule has 0 aliphatic carbocycles. The van der Waals surface area contributed by atoms with Crippen molar-refractivity contribution in [2.75, 3.05) is 4.72 Å². The molecule has 1 heterocycles. The molecule has 1 N–H and O–H groups in total. The zero-order valence-corrected chi connectivity index (χ0v) is 13.1. The van der Waals surface area contributed by atoms with E-state index in [1.54, 1.807) is 65.4 Å². The highest BCUT2D eigenvalue weighted by Crippen LogP contribution is 2.22. The molecular formula is C16H13ClN2O2S. The van der Waals surface area contributed by atoms with Crippen LogP contribution < -0.4 is 4.72 Å². The SMILES string of the molecule is O=S(=O)(Nc1cccn1-c1ccc(Cl)cc1)c1ccccc1. The summed E-state index contributed by atoms with van der Waals surface area (Å²) >= 11 is 5.88. The van der Waals surface area contributed by atoms with Crippen molar-refractivity contribution in [1.82, 2.24) is 4.57 Å². The van der Waals surface area contributed by atoms with E-state index in [9.17, 15) is 8.42 Å². The maximum Gasteiger partial charge on any atom is 0.263 e. The summed E-state index contributed by atoms with van der Waals surface area (Å²) in [5.41, 5.74) is 0.820. The van der Waals surface area contributed by atoms with Crippen LogP contribution in [0.25, 0.3) is 5.69 Å². The predicted molar refractivity (Wildman–Crippen MR) is 88.0 cm³/mol. The van der Waals surface area contributed by atoms with Gasteiger partial charge in [0.05, 0.1) is 4.90 Å². The predicted octanol–water partition coefficient (Wildman–Crippen LogP) is 3.93. The highest BCUT2D eigenvalue weighted by atomic mass is 35.5.